The number of rotatable bonds is 14. The number of ether oxygens (including phenoxy) is 2. The molecule has 2 aliphatic rings. The normalized spacial score (nSPS) is 21.6. The Morgan fingerprint density at radius 2 is 1.67 bits per heavy atom. The Morgan fingerprint density at radius 3 is 2.41 bits per heavy atom. The predicted octanol–water partition coefficient (Wildman–Crippen LogP) is 4.77. The first-order valence-corrected chi connectivity index (χ1v) is 16.5. The van der Waals surface area contributed by atoms with E-state index in [1.165, 1.54) is 6.92 Å². The Kier molecular flexibility index (Phi) is 12.3. The highest BCUT2D eigenvalue weighted by molar-refractivity contribution is 5.76. The zero-order valence-electron chi connectivity index (χ0n) is 26.7. The number of aliphatic hydroxyl groups excluding tert-OH is 2. The fourth-order valence-electron chi connectivity index (χ4n) is 6.17. The summed E-state index contributed by atoms with van der Waals surface area (Å²) in [6, 6.07) is 24.3. The van der Waals surface area contributed by atoms with Crippen LogP contribution in [0.4, 0.5) is 0 Å². The molecule has 2 amide bonds. The van der Waals surface area contributed by atoms with Crippen molar-refractivity contribution in [2.75, 3.05) is 26.2 Å². The Morgan fingerprint density at radius 1 is 0.891 bits per heavy atom. The molecule has 4 N–H and O–H groups in total. The fraction of sp³-hybridized carbons (Fsp3) is 0.459. The van der Waals surface area contributed by atoms with Crippen LogP contribution in [0.15, 0.2) is 72.8 Å². The van der Waals surface area contributed by atoms with Gasteiger partial charge in [0.25, 0.3) is 0 Å². The Balaban J connectivity index is 1.23. The minimum absolute atomic E-state index is 0.0000596. The van der Waals surface area contributed by atoms with Gasteiger partial charge in [-0.15, -0.1) is 0 Å². The molecule has 46 heavy (non-hydrogen) atoms. The molecule has 0 aliphatic carbocycles. The van der Waals surface area contributed by atoms with Crippen LogP contribution in [0.1, 0.15) is 80.1 Å². The first-order valence-electron chi connectivity index (χ1n) is 16.5. The maximum absolute atomic E-state index is 12.4. The van der Waals surface area contributed by atoms with Gasteiger partial charge in [-0.05, 0) is 59.2 Å². The first kappa shape index (κ1) is 33.8. The van der Waals surface area contributed by atoms with E-state index >= 15 is 0 Å². The highest BCUT2D eigenvalue weighted by atomic mass is 16.7. The summed E-state index contributed by atoms with van der Waals surface area (Å²) in [7, 11) is 0. The van der Waals surface area contributed by atoms with E-state index < -0.39 is 6.29 Å². The van der Waals surface area contributed by atoms with Crippen LogP contribution in [0.5, 0.6) is 0 Å². The lowest BCUT2D eigenvalue weighted by Crippen LogP contribution is -2.38. The molecule has 9 heteroatoms. The Labute approximate surface area is 271 Å². The van der Waals surface area contributed by atoms with E-state index in [1.54, 1.807) is 0 Å². The quantitative estimate of drug-likeness (QED) is 0.190. The lowest BCUT2D eigenvalue weighted by molar-refractivity contribution is -0.252. The van der Waals surface area contributed by atoms with E-state index in [0.29, 0.717) is 32.5 Å². The molecule has 3 aromatic rings. The van der Waals surface area contributed by atoms with Crippen molar-refractivity contribution in [3.8, 4) is 11.1 Å². The van der Waals surface area contributed by atoms with Crippen LogP contribution in [0.2, 0.25) is 0 Å². The fourth-order valence-corrected chi connectivity index (χ4v) is 6.17. The highest BCUT2D eigenvalue weighted by Gasteiger charge is 2.34. The van der Waals surface area contributed by atoms with Crippen molar-refractivity contribution in [2.24, 2.45) is 0 Å². The molecule has 5 rings (SSSR count). The summed E-state index contributed by atoms with van der Waals surface area (Å²) >= 11 is 0. The number of unbranched alkanes of at least 4 members (excludes halogenated alkanes) is 2. The third-order valence-electron chi connectivity index (χ3n) is 8.69. The van der Waals surface area contributed by atoms with Gasteiger partial charge in [0.1, 0.15) is 0 Å². The van der Waals surface area contributed by atoms with Gasteiger partial charge in [-0.3, -0.25) is 14.5 Å². The van der Waals surface area contributed by atoms with E-state index in [0.717, 1.165) is 72.2 Å². The molecule has 3 aromatic carbocycles. The monoisotopic (exact) mass is 629 g/mol. The maximum Gasteiger partial charge on any atom is 0.220 e. The zero-order valence-corrected chi connectivity index (χ0v) is 26.7. The number of nitrogens with one attached hydrogen (secondary N) is 2. The average Bonchev–Trinajstić information content (AvgIpc) is 3.49. The topological polar surface area (TPSA) is 120 Å². The van der Waals surface area contributed by atoms with Crippen molar-refractivity contribution < 1.29 is 29.3 Å². The van der Waals surface area contributed by atoms with Gasteiger partial charge in [-0.25, -0.2) is 0 Å². The Bertz CT molecular complexity index is 1430. The van der Waals surface area contributed by atoms with Gasteiger partial charge >= 0.3 is 0 Å². The standard InChI is InChI=1S/C37H47N3O6/c1-26(42)38-17-4-2-3-11-36(44)39-22-28-7-5-8-30(19-28)31-9-6-10-32(20-31)37-45-34(24-40-18-16-33(43)23-40)21-35(46-37)29-14-12-27(25-41)13-15-29/h5-10,12-15,19-20,33-35,37,41,43H,2-4,11,16-18,21-25H2,1H3,(H,38,42)(H,39,44)/t33-,34+,35-,37-/m0/s1. The number of carbonyl (C=O) groups excluding carboxylic acids is 2. The largest absolute Gasteiger partial charge is 0.392 e. The number of aliphatic hydroxyl groups is 2. The molecule has 9 nitrogen and oxygen atoms in total. The van der Waals surface area contributed by atoms with E-state index in [-0.39, 0.29) is 36.7 Å². The minimum atomic E-state index is -0.561. The smallest absolute Gasteiger partial charge is 0.220 e. The van der Waals surface area contributed by atoms with Crippen LogP contribution in [0, 0.1) is 0 Å². The second-order valence-electron chi connectivity index (χ2n) is 12.4. The predicted molar refractivity (Wildman–Crippen MR) is 176 cm³/mol. The maximum atomic E-state index is 12.4. The van der Waals surface area contributed by atoms with Crippen molar-refractivity contribution >= 4 is 11.8 Å². The molecule has 0 spiro atoms. The van der Waals surface area contributed by atoms with E-state index in [4.69, 9.17) is 9.47 Å². The molecule has 0 aromatic heterocycles. The van der Waals surface area contributed by atoms with Crippen LogP contribution >= 0.6 is 0 Å². The molecule has 0 saturated carbocycles. The minimum Gasteiger partial charge on any atom is -0.392 e. The number of nitrogens with zero attached hydrogens (tertiary/aromatic N) is 1. The van der Waals surface area contributed by atoms with E-state index in [1.807, 2.05) is 48.5 Å². The summed E-state index contributed by atoms with van der Waals surface area (Å²) in [4.78, 5) is 25.6. The van der Waals surface area contributed by atoms with Crippen LogP contribution in [0.3, 0.4) is 0 Å². The molecule has 4 atom stereocenters. The van der Waals surface area contributed by atoms with Gasteiger partial charge in [0.2, 0.25) is 11.8 Å². The molecule has 0 unspecified atom stereocenters. The molecular weight excluding hydrogens is 582 g/mol. The summed E-state index contributed by atoms with van der Waals surface area (Å²) in [5.41, 5.74) is 5.93. The van der Waals surface area contributed by atoms with Gasteiger partial charge < -0.3 is 30.3 Å². The molecule has 2 saturated heterocycles. The second-order valence-corrected chi connectivity index (χ2v) is 12.4. The molecule has 2 heterocycles. The van der Waals surface area contributed by atoms with Crippen molar-refractivity contribution in [2.45, 2.75) is 83.2 Å². The third kappa shape index (κ3) is 9.95. The summed E-state index contributed by atoms with van der Waals surface area (Å²) in [5, 5.41) is 25.4. The van der Waals surface area contributed by atoms with Crippen LogP contribution in [0.25, 0.3) is 11.1 Å². The number of likely N-dealkylation sites (tertiary alicyclic amines) is 1. The number of amides is 2. The van der Waals surface area contributed by atoms with Gasteiger partial charge in [0.05, 0.1) is 24.9 Å². The van der Waals surface area contributed by atoms with Crippen LogP contribution < -0.4 is 10.6 Å². The highest BCUT2D eigenvalue weighted by Crippen LogP contribution is 2.39. The molecule has 0 radical (unpaired) electrons. The number of carbonyl (C=O) groups is 2. The van der Waals surface area contributed by atoms with Gasteiger partial charge in [0, 0.05) is 58.1 Å². The molecular formula is C37H47N3O6. The zero-order chi connectivity index (χ0) is 32.3. The first-order chi connectivity index (χ1) is 22.4. The average molecular weight is 630 g/mol. The molecule has 2 aliphatic heterocycles. The van der Waals surface area contributed by atoms with Crippen LogP contribution in [-0.4, -0.2) is 65.3 Å². The van der Waals surface area contributed by atoms with Gasteiger partial charge in [-0.1, -0.05) is 67.1 Å². The molecule has 0 bridgehead atoms. The van der Waals surface area contributed by atoms with Crippen molar-refractivity contribution in [1.29, 1.82) is 0 Å². The van der Waals surface area contributed by atoms with E-state index in [9.17, 15) is 19.8 Å². The van der Waals surface area contributed by atoms with Crippen molar-refractivity contribution in [1.82, 2.24) is 15.5 Å². The third-order valence-corrected chi connectivity index (χ3v) is 8.69. The van der Waals surface area contributed by atoms with E-state index in [2.05, 4.69) is 39.8 Å². The number of hydrogen-bond donors (Lipinski definition) is 4. The number of benzene rings is 3. The molecule has 2 fully saturated rings. The summed E-state index contributed by atoms with van der Waals surface area (Å²) in [6.45, 7) is 4.85. The molecule has 246 valence electrons. The Hall–Kier alpha value is -3.60. The summed E-state index contributed by atoms with van der Waals surface area (Å²) < 4.78 is 13.1. The van der Waals surface area contributed by atoms with Crippen molar-refractivity contribution in [3.05, 3.63) is 95.1 Å². The SMILES string of the molecule is CC(=O)NCCCCCC(=O)NCc1cccc(-c2cccc([C@H]3O[C@@H](CN4CC[C@H](O)C4)C[C@@H](c4ccc(CO)cc4)O3)c2)c1. The number of hydrogen-bond acceptors (Lipinski definition) is 7. The van der Waals surface area contributed by atoms with Gasteiger partial charge in [-0.2, -0.15) is 0 Å². The summed E-state index contributed by atoms with van der Waals surface area (Å²) in [5.74, 6) is -0.00148. The van der Waals surface area contributed by atoms with Crippen molar-refractivity contribution in [3.63, 3.8) is 0 Å². The number of β-amino-alcohol motifs (C(OH)–C–C–N with tert-alkyl or cyclic N) is 1. The van der Waals surface area contributed by atoms with Crippen LogP contribution in [-0.2, 0) is 32.2 Å². The second kappa shape index (κ2) is 16.8. The lowest BCUT2D eigenvalue weighted by Gasteiger charge is -2.38. The van der Waals surface area contributed by atoms with Gasteiger partial charge in [0.15, 0.2) is 6.29 Å². The summed E-state index contributed by atoms with van der Waals surface area (Å²) in [6.07, 6.45) is 3.42. The lowest BCUT2D eigenvalue weighted by atomic mass is 9.98.